The fraction of sp³-hybridized carbons (Fsp3) is 0.286. The Bertz CT molecular complexity index is 546. The molecule has 2 rings (SSSR count). The number of amides is 1. The van der Waals surface area contributed by atoms with Gasteiger partial charge in [-0.05, 0) is 38.1 Å². The second kappa shape index (κ2) is 6.04. The Balaban J connectivity index is 1.91. The van der Waals surface area contributed by atoms with Crippen molar-refractivity contribution in [3.8, 4) is 0 Å². The quantitative estimate of drug-likeness (QED) is 0.866. The maximum Gasteiger partial charge on any atom is 0.232 e. The Morgan fingerprint density at radius 1 is 1.32 bits per heavy atom. The molecule has 0 spiro atoms. The summed E-state index contributed by atoms with van der Waals surface area (Å²) in [4.78, 5) is 16.0. The van der Waals surface area contributed by atoms with E-state index in [4.69, 9.17) is 4.42 Å². The van der Waals surface area contributed by atoms with Gasteiger partial charge in [0, 0.05) is 6.54 Å². The van der Waals surface area contributed by atoms with E-state index in [9.17, 15) is 4.79 Å². The number of carbonyl (C=O) groups is 1. The highest BCUT2D eigenvalue weighted by atomic mass is 16.3. The molecule has 0 aromatic carbocycles. The lowest BCUT2D eigenvalue weighted by molar-refractivity contribution is -0.115. The van der Waals surface area contributed by atoms with Crippen LogP contribution in [-0.2, 0) is 11.2 Å². The lowest BCUT2D eigenvalue weighted by Crippen LogP contribution is -2.14. The molecule has 0 atom stereocenters. The first-order valence-corrected chi connectivity index (χ1v) is 6.22. The summed E-state index contributed by atoms with van der Waals surface area (Å²) in [6.07, 6.45) is 1.85. The number of anilines is 2. The topological polar surface area (TPSA) is 67.2 Å². The first-order chi connectivity index (χ1) is 9.17. The fourth-order valence-corrected chi connectivity index (χ4v) is 1.70. The average molecular weight is 259 g/mol. The predicted molar refractivity (Wildman–Crippen MR) is 74.2 cm³/mol. The fourth-order valence-electron chi connectivity index (χ4n) is 1.70. The van der Waals surface area contributed by atoms with E-state index in [2.05, 4.69) is 15.6 Å². The highest BCUT2D eigenvalue weighted by Gasteiger charge is 2.07. The number of hydrogen-bond acceptors (Lipinski definition) is 4. The lowest BCUT2D eigenvalue weighted by atomic mass is 10.3. The van der Waals surface area contributed by atoms with Crippen LogP contribution in [-0.4, -0.2) is 17.4 Å². The molecule has 2 aromatic rings. The van der Waals surface area contributed by atoms with Gasteiger partial charge in [-0.15, -0.1) is 0 Å². The molecule has 2 heterocycles. The molecule has 0 aliphatic rings. The third-order valence-corrected chi connectivity index (χ3v) is 2.54. The number of aryl methyl sites for hydroxylation is 1. The Labute approximate surface area is 112 Å². The van der Waals surface area contributed by atoms with E-state index >= 15 is 0 Å². The summed E-state index contributed by atoms with van der Waals surface area (Å²) in [6.45, 7) is 4.67. The van der Waals surface area contributed by atoms with E-state index in [-0.39, 0.29) is 12.3 Å². The molecule has 0 radical (unpaired) electrons. The summed E-state index contributed by atoms with van der Waals surface area (Å²) in [6, 6.07) is 7.29. The molecule has 5 heteroatoms. The maximum atomic E-state index is 11.8. The molecule has 0 saturated carbocycles. The highest BCUT2D eigenvalue weighted by molar-refractivity contribution is 5.91. The van der Waals surface area contributed by atoms with Crippen LogP contribution < -0.4 is 10.6 Å². The van der Waals surface area contributed by atoms with E-state index < -0.39 is 0 Å². The minimum absolute atomic E-state index is 0.118. The molecule has 5 nitrogen and oxygen atoms in total. The van der Waals surface area contributed by atoms with Gasteiger partial charge in [-0.1, -0.05) is 0 Å². The number of carbonyl (C=O) groups excluding carboxylic acids is 1. The molecule has 100 valence electrons. The molecule has 0 aliphatic carbocycles. The third kappa shape index (κ3) is 3.84. The Morgan fingerprint density at radius 2 is 2.16 bits per heavy atom. The van der Waals surface area contributed by atoms with Gasteiger partial charge in [0.15, 0.2) is 0 Å². The largest absolute Gasteiger partial charge is 0.466 e. The maximum absolute atomic E-state index is 11.8. The van der Waals surface area contributed by atoms with Crippen LogP contribution in [0.15, 0.2) is 34.9 Å². The van der Waals surface area contributed by atoms with Gasteiger partial charge in [0.25, 0.3) is 0 Å². The second-order valence-electron chi connectivity index (χ2n) is 4.20. The molecule has 1 amide bonds. The van der Waals surface area contributed by atoms with Crippen LogP contribution in [0, 0.1) is 6.92 Å². The van der Waals surface area contributed by atoms with Gasteiger partial charge in [-0.3, -0.25) is 4.79 Å². The zero-order chi connectivity index (χ0) is 13.7. The predicted octanol–water partition coefficient (Wildman–Crippen LogP) is 2.60. The van der Waals surface area contributed by atoms with Crippen LogP contribution in [0.1, 0.15) is 18.4 Å². The van der Waals surface area contributed by atoms with E-state index in [1.807, 2.05) is 32.0 Å². The summed E-state index contributed by atoms with van der Waals surface area (Å²) in [5, 5.41) is 5.87. The Morgan fingerprint density at radius 3 is 2.74 bits per heavy atom. The number of aromatic nitrogens is 1. The molecule has 0 aliphatic heterocycles. The molecule has 0 fully saturated rings. The molecular weight excluding hydrogens is 242 g/mol. The normalized spacial score (nSPS) is 10.2. The number of hydrogen-bond donors (Lipinski definition) is 2. The molecule has 0 bridgehead atoms. The smallest absolute Gasteiger partial charge is 0.232 e. The van der Waals surface area contributed by atoms with Crippen molar-refractivity contribution in [1.82, 2.24) is 4.98 Å². The van der Waals surface area contributed by atoms with Crippen molar-refractivity contribution in [3.05, 3.63) is 42.0 Å². The van der Waals surface area contributed by atoms with Gasteiger partial charge in [0.2, 0.25) is 5.91 Å². The number of nitrogens with one attached hydrogen (secondary N) is 2. The second-order valence-corrected chi connectivity index (χ2v) is 4.20. The van der Waals surface area contributed by atoms with Gasteiger partial charge in [0.05, 0.1) is 18.3 Å². The van der Waals surface area contributed by atoms with E-state index in [1.165, 1.54) is 0 Å². The molecule has 2 aromatic heterocycles. The average Bonchev–Trinajstić information content (AvgIpc) is 2.77. The van der Waals surface area contributed by atoms with Crippen molar-refractivity contribution >= 4 is 17.4 Å². The summed E-state index contributed by atoms with van der Waals surface area (Å²) in [5.41, 5.74) is 0.676. The van der Waals surface area contributed by atoms with Crippen molar-refractivity contribution in [2.24, 2.45) is 0 Å². The van der Waals surface area contributed by atoms with Crippen LogP contribution in [0.25, 0.3) is 0 Å². The molecule has 0 unspecified atom stereocenters. The highest BCUT2D eigenvalue weighted by Crippen LogP contribution is 2.11. The van der Waals surface area contributed by atoms with Crippen LogP contribution in [0.2, 0.25) is 0 Å². The summed E-state index contributed by atoms with van der Waals surface area (Å²) < 4.78 is 5.36. The Kier molecular flexibility index (Phi) is 4.18. The van der Waals surface area contributed by atoms with Crippen LogP contribution in [0.3, 0.4) is 0 Å². The van der Waals surface area contributed by atoms with Gasteiger partial charge < -0.3 is 15.1 Å². The first kappa shape index (κ1) is 13.1. The van der Waals surface area contributed by atoms with Gasteiger partial charge in [-0.25, -0.2) is 4.98 Å². The zero-order valence-corrected chi connectivity index (χ0v) is 11.1. The number of nitrogens with zero attached hydrogens (tertiary/aromatic N) is 1. The number of pyridine rings is 1. The van der Waals surface area contributed by atoms with Crippen molar-refractivity contribution in [3.63, 3.8) is 0 Å². The number of furan rings is 1. The lowest BCUT2D eigenvalue weighted by Gasteiger charge is -2.05. The summed E-state index contributed by atoms with van der Waals surface area (Å²) >= 11 is 0. The minimum atomic E-state index is -0.118. The van der Waals surface area contributed by atoms with Crippen LogP contribution >= 0.6 is 0 Å². The van der Waals surface area contributed by atoms with Gasteiger partial charge in [-0.2, -0.15) is 0 Å². The summed E-state index contributed by atoms with van der Waals surface area (Å²) in [7, 11) is 0. The summed E-state index contributed by atoms with van der Waals surface area (Å²) in [5.74, 6) is 2.14. The molecule has 19 heavy (non-hydrogen) atoms. The monoisotopic (exact) mass is 259 g/mol. The van der Waals surface area contributed by atoms with Crippen molar-refractivity contribution in [2.45, 2.75) is 20.3 Å². The standard InChI is InChI=1S/C14H17N3O2/c1-3-15-13-7-5-11(9-16-13)17-14(18)8-12-6-4-10(2)19-12/h4-7,9H,3,8H2,1-2H3,(H,15,16)(H,17,18). The van der Waals surface area contributed by atoms with E-state index in [0.717, 1.165) is 18.1 Å². The zero-order valence-electron chi connectivity index (χ0n) is 11.1. The molecule has 2 N–H and O–H groups in total. The van der Waals surface area contributed by atoms with Crippen molar-refractivity contribution < 1.29 is 9.21 Å². The van der Waals surface area contributed by atoms with E-state index in [0.29, 0.717) is 11.4 Å². The first-order valence-electron chi connectivity index (χ1n) is 6.22. The molecular formula is C14H17N3O2. The SMILES string of the molecule is CCNc1ccc(NC(=O)Cc2ccc(C)o2)cn1. The van der Waals surface area contributed by atoms with Gasteiger partial charge >= 0.3 is 0 Å². The minimum Gasteiger partial charge on any atom is -0.466 e. The van der Waals surface area contributed by atoms with E-state index in [1.54, 1.807) is 12.3 Å². The van der Waals surface area contributed by atoms with Crippen molar-refractivity contribution in [1.29, 1.82) is 0 Å². The Hall–Kier alpha value is -2.30. The van der Waals surface area contributed by atoms with Crippen molar-refractivity contribution in [2.75, 3.05) is 17.2 Å². The molecule has 0 saturated heterocycles. The number of rotatable bonds is 5. The third-order valence-electron chi connectivity index (χ3n) is 2.54. The van der Waals surface area contributed by atoms with Crippen LogP contribution in [0.5, 0.6) is 0 Å². The van der Waals surface area contributed by atoms with Gasteiger partial charge in [0.1, 0.15) is 17.3 Å². The van der Waals surface area contributed by atoms with Crippen LogP contribution in [0.4, 0.5) is 11.5 Å².